The summed E-state index contributed by atoms with van der Waals surface area (Å²) in [5, 5.41) is 10.3. The zero-order valence-corrected chi connectivity index (χ0v) is 16.6. The number of nitrogens with zero attached hydrogens (tertiary/aromatic N) is 3. The van der Waals surface area contributed by atoms with Gasteiger partial charge in [-0.25, -0.2) is 4.79 Å². The van der Waals surface area contributed by atoms with Crippen LogP contribution >= 0.6 is 0 Å². The van der Waals surface area contributed by atoms with Gasteiger partial charge in [0.1, 0.15) is 0 Å². The molecule has 0 fully saturated rings. The molecule has 3 rings (SSSR count). The molecule has 3 heterocycles. The smallest absolute Gasteiger partial charge is 0.335 e. The van der Waals surface area contributed by atoms with Crippen molar-refractivity contribution in [3.63, 3.8) is 0 Å². The van der Waals surface area contributed by atoms with Crippen molar-refractivity contribution in [2.75, 3.05) is 0 Å². The highest BCUT2D eigenvalue weighted by Gasteiger charge is 2.09. The summed E-state index contributed by atoms with van der Waals surface area (Å²) < 4.78 is 2.25. The first-order valence-corrected chi connectivity index (χ1v) is 10.3. The van der Waals surface area contributed by atoms with Crippen molar-refractivity contribution < 1.29 is 9.90 Å². The van der Waals surface area contributed by atoms with E-state index in [0.29, 0.717) is 11.4 Å². The third-order valence-electron chi connectivity index (χ3n) is 5.18. The Balaban J connectivity index is 1.58. The Hall–Kier alpha value is -2.69. The van der Waals surface area contributed by atoms with Crippen molar-refractivity contribution in [1.82, 2.24) is 14.5 Å². The Morgan fingerprint density at radius 2 is 1.68 bits per heavy atom. The van der Waals surface area contributed by atoms with Gasteiger partial charge in [0.05, 0.1) is 28.7 Å². The average molecular weight is 380 g/mol. The van der Waals surface area contributed by atoms with Gasteiger partial charge in [0.25, 0.3) is 0 Å². The number of aryl methyl sites for hydroxylation is 1. The third-order valence-corrected chi connectivity index (χ3v) is 5.18. The van der Waals surface area contributed by atoms with Gasteiger partial charge in [-0.05, 0) is 30.7 Å². The van der Waals surface area contributed by atoms with Crippen molar-refractivity contribution in [1.29, 1.82) is 0 Å². The average Bonchev–Trinajstić information content (AvgIpc) is 3.12. The molecule has 28 heavy (non-hydrogen) atoms. The molecule has 0 spiro atoms. The molecule has 0 aliphatic carbocycles. The second kappa shape index (κ2) is 10.0. The van der Waals surface area contributed by atoms with Gasteiger partial charge in [-0.15, -0.1) is 0 Å². The van der Waals surface area contributed by atoms with E-state index in [9.17, 15) is 4.79 Å². The van der Waals surface area contributed by atoms with Crippen LogP contribution < -0.4 is 0 Å². The first kappa shape index (κ1) is 20.1. The van der Waals surface area contributed by atoms with E-state index in [1.54, 1.807) is 6.07 Å². The van der Waals surface area contributed by atoms with Gasteiger partial charge in [-0.1, -0.05) is 51.9 Å². The predicted molar refractivity (Wildman–Crippen MR) is 113 cm³/mol. The summed E-state index contributed by atoms with van der Waals surface area (Å²) in [6.45, 7) is 3.26. The summed E-state index contributed by atoms with van der Waals surface area (Å²) >= 11 is 0. The second-order valence-electron chi connectivity index (χ2n) is 7.35. The zero-order chi connectivity index (χ0) is 19.8. The summed E-state index contributed by atoms with van der Waals surface area (Å²) in [5.74, 6) is -0.957. The molecule has 0 aromatic carbocycles. The molecule has 0 unspecified atom stereocenters. The van der Waals surface area contributed by atoms with Crippen molar-refractivity contribution in [2.24, 2.45) is 0 Å². The first-order valence-electron chi connectivity index (χ1n) is 10.3. The van der Waals surface area contributed by atoms with Crippen LogP contribution in [0.1, 0.15) is 68.6 Å². The number of aromatic carboxylic acids is 1. The number of rotatable bonds is 11. The van der Waals surface area contributed by atoms with Crippen LogP contribution in [0.5, 0.6) is 0 Å². The Labute approximate surface area is 166 Å². The topological polar surface area (TPSA) is 68.0 Å². The van der Waals surface area contributed by atoms with Crippen LogP contribution in [0, 0.1) is 0 Å². The molecule has 1 N–H and O–H groups in total. The van der Waals surface area contributed by atoms with Crippen molar-refractivity contribution in [3.8, 4) is 11.4 Å². The van der Waals surface area contributed by atoms with E-state index >= 15 is 0 Å². The molecule has 3 aromatic rings. The quantitative estimate of drug-likeness (QED) is 0.419. The molecule has 0 atom stereocenters. The number of hydrogen-bond donors (Lipinski definition) is 1. The van der Waals surface area contributed by atoms with E-state index in [-0.39, 0.29) is 5.56 Å². The largest absolute Gasteiger partial charge is 0.478 e. The molecule has 0 saturated carbocycles. The fraction of sp³-hybridized carbons (Fsp3) is 0.435. The molecule has 5 nitrogen and oxygen atoms in total. The lowest BCUT2D eigenvalue weighted by atomic mass is 10.1. The monoisotopic (exact) mass is 379 g/mol. The molecule has 0 radical (unpaired) electrons. The summed E-state index contributed by atoms with van der Waals surface area (Å²) in [4.78, 5) is 20.0. The van der Waals surface area contributed by atoms with Crippen molar-refractivity contribution >= 4 is 16.9 Å². The van der Waals surface area contributed by atoms with E-state index in [0.717, 1.165) is 17.4 Å². The third kappa shape index (κ3) is 5.18. The Kier molecular flexibility index (Phi) is 7.18. The van der Waals surface area contributed by atoms with Crippen LogP contribution in [0.4, 0.5) is 0 Å². The fourth-order valence-electron chi connectivity index (χ4n) is 3.54. The minimum atomic E-state index is -0.957. The van der Waals surface area contributed by atoms with E-state index in [2.05, 4.69) is 33.7 Å². The fourth-order valence-corrected chi connectivity index (χ4v) is 3.54. The summed E-state index contributed by atoms with van der Waals surface area (Å²) in [7, 11) is 0. The van der Waals surface area contributed by atoms with Gasteiger partial charge in [0.15, 0.2) is 0 Å². The van der Waals surface area contributed by atoms with Gasteiger partial charge in [0, 0.05) is 24.3 Å². The molecule has 0 aliphatic rings. The molecular weight excluding hydrogens is 350 g/mol. The van der Waals surface area contributed by atoms with E-state index in [4.69, 9.17) is 5.11 Å². The number of pyridine rings is 2. The molecule has 0 aliphatic heterocycles. The molecule has 0 bridgehead atoms. The lowest BCUT2D eigenvalue weighted by molar-refractivity contribution is 0.0697. The highest BCUT2D eigenvalue weighted by Crippen LogP contribution is 2.23. The van der Waals surface area contributed by atoms with Crippen molar-refractivity contribution in [3.05, 3.63) is 48.4 Å². The van der Waals surface area contributed by atoms with Crippen LogP contribution in [0.2, 0.25) is 0 Å². The summed E-state index contributed by atoms with van der Waals surface area (Å²) in [6.07, 6.45) is 16.0. The standard InChI is InChI=1S/C23H29N3O2/c1-2-3-4-5-6-7-8-9-13-26-14-11-18-15-21(25-17-22(18)26)20-16-19(23(27)28)10-12-24-20/h10-12,14-17H,2-9,13H2,1H3,(H,27,28). The van der Waals surface area contributed by atoms with E-state index < -0.39 is 5.97 Å². The number of carboxylic acids is 1. The molecule has 5 heteroatoms. The number of unbranched alkanes of at least 4 members (excludes halogenated alkanes) is 7. The minimum absolute atomic E-state index is 0.221. The Morgan fingerprint density at radius 1 is 0.964 bits per heavy atom. The Morgan fingerprint density at radius 3 is 2.43 bits per heavy atom. The predicted octanol–water partition coefficient (Wildman–Crippen LogP) is 5.94. The van der Waals surface area contributed by atoms with Gasteiger partial charge in [-0.2, -0.15) is 0 Å². The lowest BCUT2D eigenvalue weighted by Gasteiger charge is -2.07. The lowest BCUT2D eigenvalue weighted by Crippen LogP contribution is -1.99. The maximum Gasteiger partial charge on any atom is 0.335 e. The number of hydrogen-bond acceptors (Lipinski definition) is 3. The summed E-state index contributed by atoms with van der Waals surface area (Å²) in [6, 6.07) is 7.12. The van der Waals surface area contributed by atoms with Gasteiger partial charge in [0.2, 0.25) is 0 Å². The Bertz CT molecular complexity index is 917. The number of aromatic nitrogens is 3. The molecule has 0 amide bonds. The van der Waals surface area contributed by atoms with Gasteiger partial charge < -0.3 is 9.67 Å². The maximum atomic E-state index is 11.2. The van der Waals surface area contributed by atoms with E-state index in [1.807, 2.05) is 12.3 Å². The highest BCUT2D eigenvalue weighted by atomic mass is 16.4. The SMILES string of the molecule is CCCCCCCCCCn1ccc2cc(-c3cc(C(=O)O)ccn3)ncc21. The van der Waals surface area contributed by atoms with Crippen LogP contribution in [-0.2, 0) is 6.54 Å². The molecule has 0 saturated heterocycles. The first-order chi connectivity index (χ1) is 13.7. The van der Waals surface area contributed by atoms with Crippen LogP contribution in [0.25, 0.3) is 22.3 Å². The normalized spacial score (nSPS) is 11.2. The number of fused-ring (bicyclic) bond motifs is 1. The molecule has 3 aromatic heterocycles. The zero-order valence-electron chi connectivity index (χ0n) is 16.6. The highest BCUT2D eigenvalue weighted by molar-refractivity contribution is 5.89. The maximum absolute atomic E-state index is 11.2. The van der Waals surface area contributed by atoms with Gasteiger partial charge >= 0.3 is 5.97 Å². The second-order valence-corrected chi connectivity index (χ2v) is 7.35. The van der Waals surface area contributed by atoms with Crippen molar-refractivity contribution in [2.45, 2.75) is 64.8 Å². The minimum Gasteiger partial charge on any atom is -0.478 e. The summed E-state index contributed by atoms with van der Waals surface area (Å²) in [5.41, 5.74) is 2.61. The van der Waals surface area contributed by atoms with Crippen LogP contribution in [0.15, 0.2) is 42.9 Å². The van der Waals surface area contributed by atoms with Crippen LogP contribution in [0.3, 0.4) is 0 Å². The molecule has 148 valence electrons. The molecular formula is C23H29N3O2. The number of carbonyl (C=O) groups is 1. The van der Waals surface area contributed by atoms with E-state index in [1.165, 1.54) is 63.6 Å². The van der Waals surface area contributed by atoms with Gasteiger partial charge in [-0.3, -0.25) is 9.97 Å². The number of carboxylic acid groups (broad SMARTS) is 1. The van der Waals surface area contributed by atoms with Crippen LogP contribution in [-0.4, -0.2) is 25.6 Å².